The minimum Gasteiger partial charge on any atom is -0.511 e. The summed E-state index contributed by atoms with van der Waals surface area (Å²) in [5, 5.41) is 20.7. The Morgan fingerprint density at radius 1 is 1.14 bits per heavy atom. The van der Waals surface area contributed by atoms with Crippen LogP contribution in [0.4, 0.5) is 0 Å². The van der Waals surface area contributed by atoms with Crippen molar-refractivity contribution in [2.45, 2.75) is 13.0 Å². The fraction of sp³-hybridized carbons (Fsp3) is 0.211. The molecule has 0 saturated heterocycles. The zero-order valence-corrected chi connectivity index (χ0v) is 14.8. The summed E-state index contributed by atoms with van der Waals surface area (Å²) in [4.78, 5) is 45.2. The van der Waals surface area contributed by atoms with Gasteiger partial charge in [0.1, 0.15) is 17.9 Å². The van der Waals surface area contributed by atoms with Crippen molar-refractivity contribution < 1.29 is 24.6 Å². The number of aromatic nitrogens is 2. The quantitative estimate of drug-likeness (QED) is 0.632. The standard InChI is InChI=1S/C19H18N4O5/c24-14-6-7-23(19(28)16(14)18(27)22-10-15(25)26)11-12-8-20-17(21-9-12)13-4-2-1-3-5-13/h1-5,8-9,24H,6-7,10-11H2,(H,22,27)(H,25,26). The maximum atomic E-state index is 12.6. The molecular weight excluding hydrogens is 364 g/mol. The Kier molecular flexibility index (Phi) is 5.64. The van der Waals surface area contributed by atoms with Gasteiger partial charge in [0.05, 0.1) is 0 Å². The van der Waals surface area contributed by atoms with Crippen molar-refractivity contribution in [2.75, 3.05) is 13.1 Å². The molecule has 9 nitrogen and oxygen atoms in total. The molecule has 0 unspecified atom stereocenters. The van der Waals surface area contributed by atoms with E-state index in [4.69, 9.17) is 5.11 Å². The van der Waals surface area contributed by atoms with Gasteiger partial charge in [-0.2, -0.15) is 0 Å². The molecule has 0 bridgehead atoms. The third-order valence-electron chi connectivity index (χ3n) is 4.15. The summed E-state index contributed by atoms with van der Waals surface area (Å²) >= 11 is 0. The van der Waals surface area contributed by atoms with Gasteiger partial charge in [0.2, 0.25) is 0 Å². The van der Waals surface area contributed by atoms with E-state index >= 15 is 0 Å². The molecule has 1 aromatic heterocycles. The molecule has 0 spiro atoms. The van der Waals surface area contributed by atoms with E-state index in [-0.39, 0.29) is 25.3 Å². The van der Waals surface area contributed by atoms with Crippen LogP contribution in [0.2, 0.25) is 0 Å². The van der Waals surface area contributed by atoms with Crippen molar-refractivity contribution in [1.29, 1.82) is 0 Å². The van der Waals surface area contributed by atoms with Gasteiger partial charge >= 0.3 is 5.97 Å². The highest BCUT2D eigenvalue weighted by molar-refractivity contribution is 6.19. The first-order valence-electron chi connectivity index (χ1n) is 8.53. The molecule has 0 fully saturated rings. The minimum atomic E-state index is -1.25. The first kappa shape index (κ1) is 19.0. The number of carbonyl (C=O) groups excluding carboxylic acids is 2. The number of aliphatic hydroxyl groups excluding tert-OH is 1. The van der Waals surface area contributed by atoms with Gasteiger partial charge < -0.3 is 20.4 Å². The summed E-state index contributed by atoms with van der Waals surface area (Å²) < 4.78 is 0. The average Bonchev–Trinajstić information content (AvgIpc) is 2.70. The zero-order chi connectivity index (χ0) is 20.1. The number of carboxylic acid groups (broad SMARTS) is 1. The van der Waals surface area contributed by atoms with Crippen LogP contribution < -0.4 is 5.32 Å². The van der Waals surface area contributed by atoms with Gasteiger partial charge in [-0.05, 0) is 0 Å². The molecule has 9 heteroatoms. The van der Waals surface area contributed by atoms with Gasteiger partial charge in [-0.25, -0.2) is 9.97 Å². The van der Waals surface area contributed by atoms with Crippen LogP contribution in [0, 0.1) is 0 Å². The van der Waals surface area contributed by atoms with Crippen molar-refractivity contribution in [3.63, 3.8) is 0 Å². The second-order valence-corrected chi connectivity index (χ2v) is 6.16. The van der Waals surface area contributed by atoms with Crippen LogP contribution >= 0.6 is 0 Å². The van der Waals surface area contributed by atoms with Gasteiger partial charge in [-0.15, -0.1) is 0 Å². The number of carbonyl (C=O) groups is 3. The second-order valence-electron chi connectivity index (χ2n) is 6.16. The summed E-state index contributed by atoms with van der Waals surface area (Å²) in [6, 6.07) is 9.44. The minimum absolute atomic E-state index is 0.102. The molecule has 0 radical (unpaired) electrons. The third-order valence-corrected chi connectivity index (χ3v) is 4.15. The predicted molar refractivity (Wildman–Crippen MR) is 97.8 cm³/mol. The SMILES string of the molecule is O=C(O)CNC(=O)C1=C(O)CCN(Cc2cnc(-c3ccccc3)nc2)C1=O. The smallest absolute Gasteiger partial charge is 0.322 e. The van der Waals surface area contributed by atoms with Crippen molar-refractivity contribution >= 4 is 17.8 Å². The van der Waals surface area contributed by atoms with Gasteiger partial charge in [-0.1, -0.05) is 30.3 Å². The van der Waals surface area contributed by atoms with E-state index in [1.807, 2.05) is 30.3 Å². The monoisotopic (exact) mass is 382 g/mol. The molecule has 0 atom stereocenters. The molecule has 144 valence electrons. The highest BCUT2D eigenvalue weighted by atomic mass is 16.4. The van der Waals surface area contributed by atoms with Gasteiger partial charge in [0.25, 0.3) is 11.8 Å². The Hall–Kier alpha value is -3.75. The van der Waals surface area contributed by atoms with Crippen LogP contribution in [0.3, 0.4) is 0 Å². The summed E-state index contributed by atoms with van der Waals surface area (Å²) in [6.07, 6.45) is 3.31. The number of rotatable bonds is 6. The van der Waals surface area contributed by atoms with Crippen molar-refractivity contribution in [2.24, 2.45) is 0 Å². The molecule has 1 aliphatic heterocycles. The van der Waals surface area contributed by atoms with E-state index in [0.717, 1.165) is 5.56 Å². The molecule has 2 amide bonds. The number of amides is 2. The Labute approximate surface area is 160 Å². The second kappa shape index (κ2) is 8.30. The Morgan fingerprint density at radius 2 is 1.82 bits per heavy atom. The molecule has 0 saturated carbocycles. The number of carboxylic acids is 1. The van der Waals surface area contributed by atoms with E-state index in [2.05, 4.69) is 15.3 Å². The number of hydrogen-bond donors (Lipinski definition) is 3. The molecule has 3 rings (SSSR count). The van der Waals surface area contributed by atoms with E-state index in [9.17, 15) is 19.5 Å². The van der Waals surface area contributed by atoms with Crippen molar-refractivity contribution in [3.05, 3.63) is 59.6 Å². The summed E-state index contributed by atoms with van der Waals surface area (Å²) in [5.74, 6) is -2.62. The Balaban J connectivity index is 1.70. The van der Waals surface area contributed by atoms with E-state index in [1.54, 1.807) is 12.4 Å². The summed E-state index contributed by atoms with van der Waals surface area (Å²) in [6.45, 7) is -0.255. The first-order valence-corrected chi connectivity index (χ1v) is 8.53. The molecule has 3 N–H and O–H groups in total. The maximum Gasteiger partial charge on any atom is 0.322 e. The van der Waals surface area contributed by atoms with Crippen LogP contribution in [-0.2, 0) is 20.9 Å². The molecule has 2 heterocycles. The Morgan fingerprint density at radius 3 is 2.46 bits per heavy atom. The lowest BCUT2D eigenvalue weighted by molar-refractivity contribution is -0.138. The van der Waals surface area contributed by atoms with Gasteiger partial charge in [-0.3, -0.25) is 14.4 Å². The van der Waals surface area contributed by atoms with Crippen LogP contribution in [0.25, 0.3) is 11.4 Å². The van der Waals surface area contributed by atoms with Gasteiger partial charge in [0, 0.05) is 43.0 Å². The zero-order valence-electron chi connectivity index (χ0n) is 14.8. The van der Waals surface area contributed by atoms with E-state index < -0.39 is 29.9 Å². The highest BCUT2D eigenvalue weighted by Gasteiger charge is 2.32. The topological polar surface area (TPSA) is 133 Å². The Bertz CT molecular complexity index is 925. The molecule has 2 aromatic rings. The molecule has 1 aromatic carbocycles. The van der Waals surface area contributed by atoms with E-state index in [0.29, 0.717) is 11.4 Å². The normalized spacial score (nSPS) is 14.1. The number of hydrogen-bond acceptors (Lipinski definition) is 6. The lowest BCUT2D eigenvalue weighted by atomic mass is 10.1. The third kappa shape index (κ3) is 4.32. The maximum absolute atomic E-state index is 12.6. The summed E-state index contributed by atoms with van der Waals surface area (Å²) in [7, 11) is 0. The van der Waals surface area contributed by atoms with Crippen LogP contribution in [-0.4, -0.2) is 56.0 Å². The van der Waals surface area contributed by atoms with Crippen LogP contribution in [0.5, 0.6) is 0 Å². The average molecular weight is 382 g/mol. The largest absolute Gasteiger partial charge is 0.511 e. The summed E-state index contributed by atoms with van der Waals surface area (Å²) in [5.41, 5.74) is 1.10. The molecular formula is C19H18N4O5. The van der Waals surface area contributed by atoms with E-state index in [1.165, 1.54) is 4.90 Å². The number of aliphatic hydroxyl groups is 1. The highest BCUT2D eigenvalue weighted by Crippen LogP contribution is 2.20. The van der Waals surface area contributed by atoms with Crippen LogP contribution in [0.1, 0.15) is 12.0 Å². The first-order chi connectivity index (χ1) is 13.5. The number of nitrogens with zero attached hydrogens (tertiary/aromatic N) is 3. The number of nitrogens with one attached hydrogen (secondary N) is 1. The fourth-order valence-corrected chi connectivity index (χ4v) is 2.77. The lowest BCUT2D eigenvalue weighted by Crippen LogP contribution is -2.43. The molecule has 1 aliphatic rings. The number of aliphatic carboxylic acids is 1. The lowest BCUT2D eigenvalue weighted by Gasteiger charge is -2.28. The predicted octanol–water partition coefficient (Wildman–Crippen LogP) is 0.889. The number of benzene rings is 1. The van der Waals surface area contributed by atoms with Crippen molar-refractivity contribution in [3.8, 4) is 11.4 Å². The van der Waals surface area contributed by atoms with Crippen LogP contribution in [0.15, 0.2) is 54.1 Å². The molecule has 28 heavy (non-hydrogen) atoms. The molecule has 0 aliphatic carbocycles. The van der Waals surface area contributed by atoms with Crippen molar-refractivity contribution in [1.82, 2.24) is 20.2 Å². The van der Waals surface area contributed by atoms with Gasteiger partial charge in [0.15, 0.2) is 5.82 Å². The fourth-order valence-electron chi connectivity index (χ4n) is 2.77.